The average molecular weight is 601 g/mol. The Kier molecular flexibility index (Phi) is 6.93. The molecule has 0 saturated carbocycles. The van der Waals surface area contributed by atoms with Gasteiger partial charge >= 0.3 is 6.09 Å². The van der Waals surface area contributed by atoms with Crippen LogP contribution in [0.1, 0.15) is 52.0 Å². The summed E-state index contributed by atoms with van der Waals surface area (Å²) in [6, 6.07) is 24.1. The van der Waals surface area contributed by atoms with E-state index in [2.05, 4.69) is 22.5 Å². The molecule has 3 aromatic carbocycles. The molecule has 0 bridgehead atoms. The quantitative estimate of drug-likeness (QED) is 0.314. The van der Waals surface area contributed by atoms with Crippen LogP contribution in [0.5, 0.6) is 0 Å². The monoisotopic (exact) mass is 600 g/mol. The van der Waals surface area contributed by atoms with Gasteiger partial charge in [-0.2, -0.15) is 10.4 Å². The van der Waals surface area contributed by atoms with Crippen LogP contribution >= 0.6 is 0 Å². The summed E-state index contributed by atoms with van der Waals surface area (Å²) < 4.78 is 20.7. The average Bonchev–Trinajstić information content (AvgIpc) is 3.65. The molecule has 0 saturated heterocycles. The second-order valence-electron chi connectivity index (χ2n) is 11.9. The Labute approximate surface area is 259 Å². The van der Waals surface area contributed by atoms with Gasteiger partial charge in [0.05, 0.1) is 16.7 Å². The van der Waals surface area contributed by atoms with Gasteiger partial charge < -0.3 is 10.1 Å². The zero-order chi connectivity index (χ0) is 31.3. The van der Waals surface area contributed by atoms with E-state index in [0.29, 0.717) is 24.1 Å². The van der Waals surface area contributed by atoms with E-state index < -0.39 is 29.2 Å². The Morgan fingerprint density at radius 3 is 2.40 bits per heavy atom. The third-order valence-electron chi connectivity index (χ3n) is 9.57. The van der Waals surface area contributed by atoms with E-state index >= 15 is 0 Å². The zero-order valence-electron chi connectivity index (χ0n) is 24.5. The first kappa shape index (κ1) is 28.4. The summed E-state index contributed by atoms with van der Waals surface area (Å²) in [6.07, 6.45) is 3.75. The number of hydrogen-bond acceptors (Lipinski definition) is 6. The number of nitriles is 1. The van der Waals surface area contributed by atoms with E-state index in [1.807, 2.05) is 42.5 Å². The van der Waals surface area contributed by atoms with Crippen LogP contribution in [-0.4, -0.2) is 40.7 Å². The lowest BCUT2D eigenvalue weighted by atomic mass is 9.54. The molecule has 0 spiro atoms. The third kappa shape index (κ3) is 4.56. The number of benzene rings is 3. The predicted octanol–water partition coefficient (Wildman–Crippen LogP) is 5.72. The molecule has 7 rings (SSSR count). The van der Waals surface area contributed by atoms with Gasteiger partial charge in [0.15, 0.2) is 5.78 Å². The SMILES string of the molecule is C[C@@H]1C(=O)C(C#N)=C[C@]2(c3ccc(F)cc3)c3nn(C(=O)CNC(=O)OCC4c5ccccc5-c5ccccc54)cc3CC[C@@H]12. The fourth-order valence-corrected chi connectivity index (χ4v) is 7.45. The predicted molar refractivity (Wildman–Crippen MR) is 163 cm³/mol. The topological polar surface area (TPSA) is 114 Å². The number of rotatable bonds is 5. The molecule has 0 unspecified atom stereocenters. The summed E-state index contributed by atoms with van der Waals surface area (Å²) in [5.41, 5.74) is 5.47. The van der Waals surface area contributed by atoms with Gasteiger partial charge in [-0.25, -0.2) is 13.9 Å². The van der Waals surface area contributed by atoms with Crippen LogP contribution in [-0.2, 0) is 21.4 Å². The molecule has 224 valence electrons. The zero-order valence-corrected chi connectivity index (χ0v) is 24.5. The lowest BCUT2D eigenvalue weighted by Crippen LogP contribution is -2.48. The number of Topliss-reactive ketones (excluding diaryl/α,β-unsaturated/α-hetero) is 1. The number of carbonyl (C=O) groups excluding carboxylic acids is 3. The molecule has 3 aliphatic carbocycles. The second-order valence-corrected chi connectivity index (χ2v) is 11.9. The molecule has 9 heteroatoms. The number of ether oxygens (including phenoxy) is 1. The smallest absolute Gasteiger partial charge is 0.407 e. The number of aromatic nitrogens is 2. The maximum absolute atomic E-state index is 14.0. The van der Waals surface area contributed by atoms with Crippen LogP contribution in [0.2, 0.25) is 0 Å². The van der Waals surface area contributed by atoms with Crippen LogP contribution in [0, 0.1) is 29.0 Å². The first-order valence-electron chi connectivity index (χ1n) is 15.0. The van der Waals surface area contributed by atoms with Crippen molar-refractivity contribution >= 4 is 17.8 Å². The van der Waals surface area contributed by atoms with Crippen molar-refractivity contribution in [1.29, 1.82) is 5.26 Å². The summed E-state index contributed by atoms with van der Waals surface area (Å²) in [6.45, 7) is 1.58. The Hall–Kier alpha value is -5.36. The Morgan fingerprint density at radius 1 is 1.07 bits per heavy atom. The number of aryl methyl sites for hydroxylation is 1. The highest BCUT2D eigenvalue weighted by molar-refractivity contribution is 6.02. The summed E-state index contributed by atoms with van der Waals surface area (Å²) >= 11 is 0. The molecule has 3 atom stereocenters. The van der Waals surface area contributed by atoms with E-state index in [0.717, 1.165) is 27.8 Å². The van der Waals surface area contributed by atoms with Gasteiger partial charge in [-0.05, 0) is 70.3 Å². The molecule has 1 amide bonds. The highest BCUT2D eigenvalue weighted by atomic mass is 19.1. The van der Waals surface area contributed by atoms with E-state index in [9.17, 15) is 24.0 Å². The number of nitrogens with zero attached hydrogens (tertiary/aromatic N) is 3. The van der Waals surface area contributed by atoms with Gasteiger partial charge in [0.25, 0.3) is 5.91 Å². The normalized spacial score (nSPS) is 21.4. The molecule has 0 fully saturated rings. The fraction of sp³-hybridized carbons (Fsp3) is 0.250. The van der Waals surface area contributed by atoms with Crippen molar-refractivity contribution in [3.05, 3.63) is 124 Å². The van der Waals surface area contributed by atoms with Gasteiger partial charge in [0, 0.05) is 18.0 Å². The highest BCUT2D eigenvalue weighted by Crippen LogP contribution is 2.53. The maximum atomic E-state index is 14.0. The number of hydrogen-bond donors (Lipinski definition) is 1. The van der Waals surface area contributed by atoms with Crippen LogP contribution < -0.4 is 5.32 Å². The summed E-state index contributed by atoms with van der Waals surface area (Å²) in [5.74, 6) is -1.94. The minimum Gasteiger partial charge on any atom is -0.449 e. The Balaban J connectivity index is 1.11. The third-order valence-corrected chi connectivity index (χ3v) is 9.57. The van der Waals surface area contributed by atoms with Gasteiger partial charge in [0.2, 0.25) is 0 Å². The van der Waals surface area contributed by atoms with Gasteiger partial charge in [-0.1, -0.05) is 67.6 Å². The largest absolute Gasteiger partial charge is 0.449 e. The Morgan fingerprint density at radius 2 is 1.73 bits per heavy atom. The first-order valence-corrected chi connectivity index (χ1v) is 15.0. The summed E-state index contributed by atoms with van der Waals surface area (Å²) in [7, 11) is 0. The van der Waals surface area contributed by atoms with Gasteiger partial charge in [-0.3, -0.25) is 9.59 Å². The van der Waals surface area contributed by atoms with E-state index in [4.69, 9.17) is 4.74 Å². The van der Waals surface area contributed by atoms with E-state index in [1.165, 1.54) is 16.8 Å². The molecule has 4 aromatic rings. The molecular formula is C36H29FN4O4. The van der Waals surface area contributed by atoms with Crippen LogP contribution in [0.4, 0.5) is 9.18 Å². The van der Waals surface area contributed by atoms with Crippen molar-refractivity contribution in [2.24, 2.45) is 11.8 Å². The van der Waals surface area contributed by atoms with Crippen molar-refractivity contribution in [2.45, 2.75) is 31.1 Å². The van der Waals surface area contributed by atoms with Gasteiger partial charge in [-0.15, -0.1) is 0 Å². The number of nitrogens with one attached hydrogen (secondary N) is 1. The molecule has 1 heterocycles. The molecule has 3 aliphatic rings. The molecule has 0 aliphatic heterocycles. The Bertz CT molecular complexity index is 1890. The minimum absolute atomic E-state index is 0.0220. The molecule has 45 heavy (non-hydrogen) atoms. The molecule has 8 nitrogen and oxygen atoms in total. The number of allylic oxidation sites excluding steroid dienone is 2. The van der Waals surface area contributed by atoms with Crippen molar-refractivity contribution in [3.8, 4) is 17.2 Å². The van der Waals surface area contributed by atoms with E-state index in [1.54, 1.807) is 31.3 Å². The molecule has 0 radical (unpaired) electrons. The second kappa shape index (κ2) is 11.0. The van der Waals surface area contributed by atoms with Crippen LogP contribution in [0.15, 0.2) is 90.6 Å². The highest BCUT2D eigenvalue weighted by Gasteiger charge is 2.53. The standard InChI is InChI=1S/C36H29FN4O4/c1-21-31-15-10-22-19-41(40-34(22)36(31,16-23(17-38)33(21)43)24-11-13-25(37)14-12-24)32(42)18-39-35(44)45-20-30-28-8-4-2-6-26(28)27-7-3-5-9-29(27)30/h2-9,11-14,16,19,21,30-31H,10,15,18,20H2,1H3,(H,39,44)/t21-,31-,36+/m0/s1. The minimum atomic E-state index is -0.995. The lowest BCUT2D eigenvalue weighted by molar-refractivity contribution is -0.121. The fourth-order valence-electron chi connectivity index (χ4n) is 7.45. The number of halogens is 1. The van der Waals surface area contributed by atoms with Crippen molar-refractivity contribution in [1.82, 2.24) is 15.1 Å². The van der Waals surface area contributed by atoms with Crippen molar-refractivity contribution in [2.75, 3.05) is 13.2 Å². The molecule has 1 aromatic heterocycles. The lowest BCUT2D eigenvalue weighted by Gasteiger charge is -2.46. The molecular weight excluding hydrogens is 571 g/mol. The van der Waals surface area contributed by atoms with Crippen molar-refractivity contribution in [3.63, 3.8) is 0 Å². The number of amides is 1. The van der Waals surface area contributed by atoms with Crippen LogP contribution in [0.3, 0.4) is 0 Å². The number of fused-ring (bicyclic) bond motifs is 6. The van der Waals surface area contributed by atoms with Gasteiger partial charge in [0.1, 0.15) is 25.0 Å². The summed E-state index contributed by atoms with van der Waals surface area (Å²) in [5, 5.41) is 17.1. The number of ketones is 1. The van der Waals surface area contributed by atoms with Crippen LogP contribution in [0.25, 0.3) is 11.1 Å². The van der Waals surface area contributed by atoms with Crippen molar-refractivity contribution < 1.29 is 23.5 Å². The maximum Gasteiger partial charge on any atom is 0.407 e. The summed E-state index contributed by atoms with van der Waals surface area (Å²) in [4.78, 5) is 39.0. The van der Waals surface area contributed by atoms with E-state index in [-0.39, 0.29) is 36.3 Å². The first-order chi connectivity index (χ1) is 21.8. The number of carbonyl (C=O) groups is 3. The number of alkyl carbamates (subject to hydrolysis) is 1. The molecule has 1 N–H and O–H groups in total.